The molecule has 144 valence electrons. The van der Waals surface area contributed by atoms with Gasteiger partial charge in [0.1, 0.15) is 5.01 Å². The molecule has 0 atom stereocenters. The fourth-order valence-corrected chi connectivity index (χ4v) is 4.05. The fourth-order valence-electron chi connectivity index (χ4n) is 3.19. The Bertz CT molecular complexity index is 975. The van der Waals surface area contributed by atoms with E-state index in [4.69, 9.17) is 10.2 Å². The number of anilines is 1. The molecule has 0 bridgehead atoms. The molecule has 4 rings (SSSR count). The van der Waals surface area contributed by atoms with E-state index in [2.05, 4.69) is 4.98 Å². The molecule has 3 aromatic rings. The van der Waals surface area contributed by atoms with Crippen molar-refractivity contribution in [3.05, 3.63) is 59.5 Å². The lowest BCUT2D eigenvalue weighted by Crippen LogP contribution is -2.50. The third-order valence-electron chi connectivity index (χ3n) is 4.73. The quantitative estimate of drug-likeness (QED) is 0.684. The third kappa shape index (κ3) is 3.77. The van der Waals surface area contributed by atoms with Crippen LogP contribution >= 0.6 is 11.3 Å². The van der Waals surface area contributed by atoms with Crippen molar-refractivity contribution in [1.29, 1.82) is 0 Å². The van der Waals surface area contributed by atoms with Gasteiger partial charge in [-0.25, -0.2) is 4.98 Å². The summed E-state index contributed by atoms with van der Waals surface area (Å²) < 4.78 is 5.16. The molecular weight excluding hydrogens is 376 g/mol. The minimum Gasteiger partial charge on any atom is -0.459 e. The number of piperazine rings is 1. The van der Waals surface area contributed by atoms with Gasteiger partial charge in [-0.3, -0.25) is 9.59 Å². The van der Waals surface area contributed by atoms with Crippen molar-refractivity contribution in [2.75, 3.05) is 31.9 Å². The van der Waals surface area contributed by atoms with E-state index in [0.717, 1.165) is 16.3 Å². The summed E-state index contributed by atoms with van der Waals surface area (Å²) in [5, 5.41) is 2.71. The SMILES string of the molecule is Nc1ccccc1-c1nc(CC(=O)N2CCN(C(=O)c3ccco3)CC2)cs1. The van der Waals surface area contributed by atoms with Gasteiger partial charge in [0.15, 0.2) is 5.76 Å². The molecule has 28 heavy (non-hydrogen) atoms. The zero-order valence-corrected chi connectivity index (χ0v) is 16.0. The average molecular weight is 396 g/mol. The van der Waals surface area contributed by atoms with Crippen molar-refractivity contribution in [3.8, 4) is 10.6 Å². The van der Waals surface area contributed by atoms with Gasteiger partial charge in [0.05, 0.1) is 18.4 Å². The van der Waals surface area contributed by atoms with Crippen LogP contribution < -0.4 is 5.73 Å². The maximum atomic E-state index is 12.6. The van der Waals surface area contributed by atoms with E-state index in [-0.39, 0.29) is 18.2 Å². The first-order valence-electron chi connectivity index (χ1n) is 9.01. The number of nitrogen functional groups attached to an aromatic ring is 1. The number of hydrogen-bond acceptors (Lipinski definition) is 6. The molecule has 1 aliphatic heterocycles. The number of benzene rings is 1. The largest absolute Gasteiger partial charge is 0.459 e. The molecule has 7 nitrogen and oxygen atoms in total. The van der Waals surface area contributed by atoms with Gasteiger partial charge in [-0.1, -0.05) is 12.1 Å². The van der Waals surface area contributed by atoms with Crippen molar-refractivity contribution in [3.63, 3.8) is 0 Å². The van der Waals surface area contributed by atoms with Crippen molar-refractivity contribution >= 4 is 28.8 Å². The number of aromatic nitrogens is 1. The normalized spacial score (nSPS) is 14.3. The zero-order valence-electron chi connectivity index (χ0n) is 15.2. The Balaban J connectivity index is 1.34. The molecule has 1 saturated heterocycles. The number of rotatable bonds is 4. The number of nitrogens with two attached hydrogens (primary N) is 1. The number of amides is 2. The van der Waals surface area contributed by atoms with Crippen molar-refractivity contribution in [1.82, 2.24) is 14.8 Å². The lowest BCUT2D eigenvalue weighted by Gasteiger charge is -2.34. The van der Waals surface area contributed by atoms with Gasteiger partial charge in [0, 0.05) is 42.8 Å². The second-order valence-corrected chi connectivity index (χ2v) is 7.42. The van der Waals surface area contributed by atoms with E-state index in [0.29, 0.717) is 37.6 Å². The summed E-state index contributed by atoms with van der Waals surface area (Å²) in [6, 6.07) is 10.9. The van der Waals surface area contributed by atoms with Crippen molar-refractivity contribution in [2.24, 2.45) is 0 Å². The summed E-state index contributed by atoms with van der Waals surface area (Å²) in [6.45, 7) is 2.00. The summed E-state index contributed by atoms with van der Waals surface area (Å²) in [7, 11) is 0. The predicted octanol–water partition coefficient (Wildman–Crippen LogP) is 2.51. The second-order valence-electron chi connectivity index (χ2n) is 6.56. The maximum Gasteiger partial charge on any atom is 0.289 e. The summed E-state index contributed by atoms with van der Waals surface area (Å²) in [5.41, 5.74) is 8.30. The molecule has 0 radical (unpaired) electrons. The van der Waals surface area contributed by atoms with Crippen LogP contribution in [0.1, 0.15) is 16.2 Å². The Morgan fingerprint density at radius 3 is 2.54 bits per heavy atom. The molecule has 1 aromatic carbocycles. The van der Waals surface area contributed by atoms with Crippen LogP contribution in [-0.2, 0) is 11.2 Å². The highest BCUT2D eigenvalue weighted by Gasteiger charge is 2.26. The van der Waals surface area contributed by atoms with E-state index in [1.807, 2.05) is 29.6 Å². The lowest BCUT2D eigenvalue weighted by atomic mass is 10.2. The Morgan fingerprint density at radius 1 is 1.07 bits per heavy atom. The number of furan rings is 1. The molecule has 2 amide bonds. The highest BCUT2D eigenvalue weighted by Crippen LogP contribution is 2.28. The molecule has 0 aliphatic carbocycles. The van der Waals surface area contributed by atoms with Crippen LogP contribution in [0.3, 0.4) is 0 Å². The number of hydrogen-bond donors (Lipinski definition) is 1. The molecule has 2 N–H and O–H groups in total. The second kappa shape index (κ2) is 7.85. The Morgan fingerprint density at radius 2 is 1.82 bits per heavy atom. The van der Waals surface area contributed by atoms with Gasteiger partial charge < -0.3 is 20.0 Å². The minimum atomic E-state index is -0.137. The Hall–Kier alpha value is -3.13. The average Bonchev–Trinajstić information content (AvgIpc) is 3.40. The highest BCUT2D eigenvalue weighted by molar-refractivity contribution is 7.13. The number of nitrogens with zero attached hydrogens (tertiary/aromatic N) is 3. The van der Waals surface area contributed by atoms with Gasteiger partial charge in [0.2, 0.25) is 5.91 Å². The van der Waals surface area contributed by atoms with Gasteiger partial charge >= 0.3 is 0 Å². The number of thiazole rings is 1. The molecule has 1 fully saturated rings. The zero-order chi connectivity index (χ0) is 19.5. The van der Waals surface area contributed by atoms with Gasteiger partial charge in [0.25, 0.3) is 5.91 Å². The number of para-hydroxylation sites is 1. The molecule has 2 aromatic heterocycles. The molecule has 3 heterocycles. The summed E-state index contributed by atoms with van der Waals surface area (Å²) in [4.78, 5) is 33.0. The van der Waals surface area contributed by atoms with E-state index in [1.54, 1.807) is 21.9 Å². The molecule has 0 unspecified atom stereocenters. The van der Waals surface area contributed by atoms with Crippen LogP contribution in [-0.4, -0.2) is 52.8 Å². The van der Waals surface area contributed by atoms with E-state index < -0.39 is 0 Å². The van der Waals surface area contributed by atoms with Crippen LogP contribution in [0.5, 0.6) is 0 Å². The van der Waals surface area contributed by atoms with Crippen LogP contribution in [0.2, 0.25) is 0 Å². The van der Waals surface area contributed by atoms with Crippen LogP contribution in [0.15, 0.2) is 52.5 Å². The fraction of sp³-hybridized carbons (Fsp3) is 0.250. The maximum absolute atomic E-state index is 12.6. The third-order valence-corrected chi connectivity index (χ3v) is 5.65. The molecular formula is C20H20N4O3S. The van der Waals surface area contributed by atoms with Gasteiger partial charge in [-0.05, 0) is 24.3 Å². The predicted molar refractivity (Wildman–Crippen MR) is 107 cm³/mol. The highest BCUT2D eigenvalue weighted by atomic mass is 32.1. The van der Waals surface area contributed by atoms with E-state index in [9.17, 15) is 9.59 Å². The van der Waals surface area contributed by atoms with Crippen molar-refractivity contribution in [2.45, 2.75) is 6.42 Å². The molecule has 8 heteroatoms. The monoisotopic (exact) mass is 396 g/mol. The van der Waals surface area contributed by atoms with Gasteiger partial charge in [-0.2, -0.15) is 0 Å². The van der Waals surface area contributed by atoms with Gasteiger partial charge in [-0.15, -0.1) is 11.3 Å². The standard InChI is InChI=1S/C20H20N4O3S/c21-16-5-2-1-4-15(16)19-22-14(13-28-19)12-18(25)23-7-9-24(10-8-23)20(26)17-6-3-11-27-17/h1-6,11,13H,7-10,12,21H2. The van der Waals surface area contributed by atoms with E-state index >= 15 is 0 Å². The number of carbonyl (C=O) groups excluding carboxylic acids is 2. The van der Waals surface area contributed by atoms with Crippen LogP contribution in [0.4, 0.5) is 5.69 Å². The first-order valence-corrected chi connectivity index (χ1v) is 9.89. The molecule has 1 aliphatic rings. The van der Waals surface area contributed by atoms with E-state index in [1.165, 1.54) is 17.6 Å². The molecule has 0 spiro atoms. The first kappa shape index (κ1) is 18.2. The summed E-state index contributed by atoms with van der Waals surface area (Å²) in [5.74, 6) is 0.208. The number of carbonyl (C=O) groups is 2. The molecule has 0 saturated carbocycles. The summed E-state index contributed by atoms with van der Waals surface area (Å²) >= 11 is 1.48. The van der Waals surface area contributed by atoms with Crippen molar-refractivity contribution < 1.29 is 14.0 Å². The van der Waals surface area contributed by atoms with Crippen LogP contribution in [0, 0.1) is 0 Å². The minimum absolute atomic E-state index is 0.0166. The lowest BCUT2D eigenvalue weighted by molar-refractivity contribution is -0.132. The smallest absolute Gasteiger partial charge is 0.289 e. The Kier molecular flexibility index (Phi) is 5.12. The van der Waals surface area contributed by atoms with Crippen LogP contribution in [0.25, 0.3) is 10.6 Å². The first-order chi connectivity index (χ1) is 13.6. The topological polar surface area (TPSA) is 92.7 Å². The summed E-state index contributed by atoms with van der Waals surface area (Å²) in [6.07, 6.45) is 1.73. The Labute approximate surface area is 166 Å².